The van der Waals surface area contributed by atoms with Crippen molar-refractivity contribution in [3.63, 3.8) is 0 Å². The lowest BCUT2D eigenvalue weighted by molar-refractivity contribution is -0.119. The first-order valence-electron chi connectivity index (χ1n) is 7.93. The van der Waals surface area contributed by atoms with Crippen molar-refractivity contribution in [1.29, 1.82) is 0 Å². The van der Waals surface area contributed by atoms with Gasteiger partial charge in [-0.1, -0.05) is 62.2 Å². The van der Waals surface area contributed by atoms with E-state index >= 15 is 0 Å². The molecule has 24 heavy (non-hydrogen) atoms. The number of halogens is 1. The molecule has 3 nitrogen and oxygen atoms in total. The summed E-state index contributed by atoms with van der Waals surface area (Å²) in [6, 6.07) is 15.4. The quantitative estimate of drug-likeness (QED) is 0.607. The van der Waals surface area contributed by atoms with Gasteiger partial charge in [0.05, 0.1) is 6.54 Å². The molecule has 1 N–H and O–H groups in total. The summed E-state index contributed by atoms with van der Waals surface area (Å²) in [6.07, 6.45) is 0. The molecule has 0 heterocycles. The molecule has 0 fully saturated rings. The predicted octanol–water partition coefficient (Wildman–Crippen LogP) is 5.27. The molecule has 0 aromatic heterocycles. The Morgan fingerprint density at radius 3 is 2.17 bits per heavy atom. The van der Waals surface area contributed by atoms with Crippen molar-refractivity contribution in [3.05, 3.63) is 64.7 Å². The Kier molecular flexibility index (Phi) is 5.79. The standard InChI is InChI=1S/C20H23ClN2O/c1-14-5-7-15(8-6-14)13-22-19(18(24)20(2,3)4)23-17-11-9-16(21)10-12-17/h5-12H,13H2,1-4H3,(H,22,23). The van der Waals surface area contributed by atoms with Gasteiger partial charge < -0.3 is 5.32 Å². The molecular formula is C20H23ClN2O. The summed E-state index contributed by atoms with van der Waals surface area (Å²) >= 11 is 5.91. The van der Waals surface area contributed by atoms with Crippen molar-refractivity contribution in [3.8, 4) is 0 Å². The zero-order valence-electron chi connectivity index (χ0n) is 14.6. The van der Waals surface area contributed by atoms with Crippen LogP contribution >= 0.6 is 11.6 Å². The van der Waals surface area contributed by atoms with Gasteiger partial charge in [0, 0.05) is 16.1 Å². The number of rotatable bonds is 4. The molecule has 0 aliphatic carbocycles. The summed E-state index contributed by atoms with van der Waals surface area (Å²) in [4.78, 5) is 17.2. The van der Waals surface area contributed by atoms with Crippen LogP contribution < -0.4 is 5.32 Å². The molecule has 0 amide bonds. The van der Waals surface area contributed by atoms with Gasteiger partial charge in [0.1, 0.15) is 0 Å². The Bertz CT molecular complexity index is 726. The third kappa shape index (κ3) is 5.20. The summed E-state index contributed by atoms with van der Waals surface area (Å²) in [5, 5.41) is 3.79. The second-order valence-electron chi connectivity index (χ2n) is 6.86. The maximum absolute atomic E-state index is 12.7. The van der Waals surface area contributed by atoms with E-state index < -0.39 is 5.41 Å². The molecule has 2 aromatic rings. The molecule has 0 saturated heterocycles. The zero-order valence-corrected chi connectivity index (χ0v) is 15.3. The number of hydrogen-bond donors (Lipinski definition) is 1. The number of aryl methyl sites for hydroxylation is 1. The van der Waals surface area contributed by atoms with Crippen LogP contribution in [0.15, 0.2) is 53.5 Å². The fourth-order valence-corrected chi connectivity index (χ4v) is 2.18. The summed E-state index contributed by atoms with van der Waals surface area (Å²) in [5.41, 5.74) is 2.55. The number of carbonyl (C=O) groups excluding carboxylic acids is 1. The molecule has 0 unspecified atom stereocenters. The average Bonchev–Trinajstić information content (AvgIpc) is 2.53. The summed E-state index contributed by atoms with van der Waals surface area (Å²) < 4.78 is 0. The number of carbonyl (C=O) groups is 1. The third-order valence-electron chi connectivity index (χ3n) is 3.54. The minimum atomic E-state index is -0.508. The van der Waals surface area contributed by atoms with Crippen molar-refractivity contribution in [2.75, 3.05) is 5.32 Å². The van der Waals surface area contributed by atoms with Crippen molar-refractivity contribution in [2.45, 2.75) is 34.2 Å². The normalized spacial score (nSPS) is 12.1. The summed E-state index contributed by atoms with van der Waals surface area (Å²) in [6.45, 7) is 8.17. The number of amidine groups is 1. The van der Waals surface area contributed by atoms with Crippen molar-refractivity contribution in [1.82, 2.24) is 0 Å². The topological polar surface area (TPSA) is 41.5 Å². The number of nitrogens with zero attached hydrogens (tertiary/aromatic N) is 1. The number of nitrogens with one attached hydrogen (secondary N) is 1. The molecule has 0 aliphatic rings. The van der Waals surface area contributed by atoms with Gasteiger partial charge in [-0.05, 0) is 36.8 Å². The number of anilines is 1. The van der Waals surface area contributed by atoms with E-state index in [2.05, 4.69) is 10.3 Å². The van der Waals surface area contributed by atoms with Gasteiger partial charge in [-0.25, -0.2) is 0 Å². The molecule has 126 valence electrons. The Balaban J connectivity index is 2.24. The second-order valence-corrected chi connectivity index (χ2v) is 7.30. The van der Waals surface area contributed by atoms with Gasteiger partial charge in [0.25, 0.3) is 0 Å². The smallest absolute Gasteiger partial charge is 0.202 e. The van der Waals surface area contributed by atoms with Crippen LogP contribution in [-0.4, -0.2) is 11.6 Å². The molecule has 2 rings (SSSR count). The van der Waals surface area contributed by atoms with Gasteiger partial charge in [0.15, 0.2) is 5.84 Å². The van der Waals surface area contributed by atoms with E-state index in [1.54, 1.807) is 12.1 Å². The highest BCUT2D eigenvalue weighted by molar-refractivity contribution is 6.44. The fourth-order valence-electron chi connectivity index (χ4n) is 2.06. The van der Waals surface area contributed by atoms with Crippen LogP contribution in [-0.2, 0) is 11.3 Å². The average molecular weight is 343 g/mol. The van der Waals surface area contributed by atoms with Gasteiger partial charge >= 0.3 is 0 Å². The van der Waals surface area contributed by atoms with E-state index in [-0.39, 0.29) is 5.78 Å². The molecule has 0 atom stereocenters. The van der Waals surface area contributed by atoms with Crippen LogP contribution in [0.2, 0.25) is 5.02 Å². The second kappa shape index (κ2) is 7.63. The third-order valence-corrected chi connectivity index (χ3v) is 3.80. The van der Waals surface area contributed by atoms with Crippen molar-refractivity contribution >= 4 is 28.9 Å². The van der Waals surface area contributed by atoms with E-state index in [0.717, 1.165) is 11.3 Å². The monoisotopic (exact) mass is 342 g/mol. The maximum Gasteiger partial charge on any atom is 0.202 e. The van der Waals surface area contributed by atoms with Crippen molar-refractivity contribution < 1.29 is 4.79 Å². The molecule has 0 aliphatic heterocycles. The number of aliphatic imine (C=N–C) groups is 1. The Hall–Kier alpha value is -2.13. The highest BCUT2D eigenvalue weighted by Crippen LogP contribution is 2.19. The van der Waals surface area contributed by atoms with Crippen LogP contribution in [0.1, 0.15) is 31.9 Å². The van der Waals surface area contributed by atoms with Gasteiger partial charge in [-0.15, -0.1) is 0 Å². The van der Waals surface area contributed by atoms with Crippen LogP contribution in [0.3, 0.4) is 0 Å². The van der Waals surface area contributed by atoms with E-state index in [0.29, 0.717) is 17.4 Å². The lowest BCUT2D eigenvalue weighted by Crippen LogP contribution is -2.33. The van der Waals surface area contributed by atoms with E-state index in [4.69, 9.17) is 11.6 Å². The first kappa shape index (κ1) is 18.2. The van der Waals surface area contributed by atoms with Crippen LogP contribution in [0.5, 0.6) is 0 Å². The number of Topliss-reactive ketones (excluding diaryl/α,β-unsaturated/α-hetero) is 1. The van der Waals surface area contributed by atoms with Crippen LogP contribution in [0, 0.1) is 12.3 Å². The van der Waals surface area contributed by atoms with Crippen LogP contribution in [0.25, 0.3) is 0 Å². The van der Waals surface area contributed by atoms with E-state index in [9.17, 15) is 4.79 Å². The van der Waals surface area contributed by atoms with E-state index in [1.165, 1.54) is 5.56 Å². The SMILES string of the molecule is Cc1ccc(CN=C(Nc2ccc(Cl)cc2)C(=O)C(C)(C)C)cc1. The zero-order chi connectivity index (χ0) is 17.7. The maximum atomic E-state index is 12.7. The molecule has 0 bridgehead atoms. The number of hydrogen-bond acceptors (Lipinski definition) is 2. The fraction of sp³-hybridized carbons (Fsp3) is 0.300. The van der Waals surface area contributed by atoms with Crippen LogP contribution in [0.4, 0.5) is 5.69 Å². The highest BCUT2D eigenvalue weighted by atomic mass is 35.5. The summed E-state index contributed by atoms with van der Waals surface area (Å²) in [7, 11) is 0. The van der Waals surface area contributed by atoms with Gasteiger partial charge in [-0.2, -0.15) is 0 Å². The molecule has 0 radical (unpaired) electrons. The Labute approximate surface area is 148 Å². The lowest BCUT2D eigenvalue weighted by atomic mass is 9.90. The number of benzene rings is 2. The lowest BCUT2D eigenvalue weighted by Gasteiger charge is -2.19. The first-order chi connectivity index (χ1) is 11.3. The van der Waals surface area contributed by atoms with Gasteiger partial charge in [0.2, 0.25) is 5.78 Å². The minimum Gasteiger partial charge on any atom is -0.338 e. The minimum absolute atomic E-state index is 0.0236. The molecular weight excluding hydrogens is 320 g/mol. The molecule has 2 aromatic carbocycles. The Morgan fingerprint density at radius 1 is 1.04 bits per heavy atom. The molecule has 4 heteroatoms. The van der Waals surface area contributed by atoms with Crippen molar-refractivity contribution in [2.24, 2.45) is 10.4 Å². The molecule has 0 spiro atoms. The highest BCUT2D eigenvalue weighted by Gasteiger charge is 2.26. The largest absolute Gasteiger partial charge is 0.338 e. The predicted molar refractivity (Wildman–Crippen MR) is 102 cm³/mol. The Morgan fingerprint density at radius 2 is 1.62 bits per heavy atom. The first-order valence-corrected chi connectivity index (χ1v) is 8.31. The summed E-state index contributed by atoms with van der Waals surface area (Å²) in [5.74, 6) is 0.343. The molecule has 0 saturated carbocycles. The van der Waals surface area contributed by atoms with Gasteiger partial charge in [-0.3, -0.25) is 9.79 Å². The van der Waals surface area contributed by atoms with E-state index in [1.807, 2.05) is 64.1 Å². The number of ketones is 1.